The molecular formula is C29H38N4O3. The zero-order chi connectivity index (χ0) is 24.5. The Hall–Kier alpha value is -2.51. The zero-order valence-corrected chi connectivity index (χ0v) is 21.1. The van der Waals surface area contributed by atoms with Gasteiger partial charge in [-0.25, -0.2) is 4.98 Å². The van der Waals surface area contributed by atoms with E-state index in [1.165, 1.54) is 24.8 Å². The molecule has 2 aliphatic heterocycles. The number of carboxylic acid groups (broad SMARTS) is 1. The molecule has 4 heterocycles. The van der Waals surface area contributed by atoms with E-state index in [-0.39, 0.29) is 6.10 Å². The largest absolute Gasteiger partial charge is 0.480 e. The summed E-state index contributed by atoms with van der Waals surface area (Å²) in [4.78, 5) is 24.3. The third-order valence-corrected chi connectivity index (χ3v) is 8.13. The number of carboxylic acids is 1. The lowest BCUT2D eigenvalue weighted by atomic mass is 9.99. The van der Waals surface area contributed by atoms with Crippen LogP contribution in [0.3, 0.4) is 0 Å². The lowest BCUT2D eigenvalue weighted by Gasteiger charge is -2.26. The van der Waals surface area contributed by atoms with Gasteiger partial charge in [-0.15, -0.1) is 0 Å². The first-order chi connectivity index (χ1) is 17.6. The zero-order valence-electron chi connectivity index (χ0n) is 21.1. The molecule has 3 fully saturated rings. The number of pyridine rings is 2. The van der Waals surface area contributed by atoms with Gasteiger partial charge in [0.25, 0.3) is 0 Å². The molecule has 2 aromatic heterocycles. The predicted molar refractivity (Wildman–Crippen MR) is 138 cm³/mol. The van der Waals surface area contributed by atoms with Gasteiger partial charge in [-0.1, -0.05) is 12.1 Å². The summed E-state index contributed by atoms with van der Waals surface area (Å²) in [5.41, 5.74) is 5.50. The van der Waals surface area contributed by atoms with Crippen LogP contribution in [0, 0.1) is 5.92 Å². The Kier molecular flexibility index (Phi) is 6.94. The minimum atomic E-state index is -0.776. The van der Waals surface area contributed by atoms with E-state index in [4.69, 9.17) is 14.7 Å². The molecule has 7 nitrogen and oxygen atoms in total. The molecule has 2 atom stereocenters. The van der Waals surface area contributed by atoms with E-state index in [2.05, 4.69) is 34.5 Å². The van der Waals surface area contributed by atoms with Crippen molar-refractivity contribution in [1.29, 1.82) is 0 Å². The fourth-order valence-electron chi connectivity index (χ4n) is 5.80. The topological polar surface area (TPSA) is 87.6 Å². The van der Waals surface area contributed by atoms with Crippen LogP contribution < -0.4 is 5.32 Å². The Labute approximate surface area is 213 Å². The van der Waals surface area contributed by atoms with Crippen molar-refractivity contribution in [3.05, 3.63) is 52.5 Å². The summed E-state index contributed by atoms with van der Waals surface area (Å²) >= 11 is 0. The first kappa shape index (κ1) is 23.9. The number of aromatic nitrogens is 2. The molecule has 0 amide bonds. The van der Waals surface area contributed by atoms with E-state index in [1.807, 2.05) is 0 Å². The average Bonchev–Trinajstić information content (AvgIpc) is 3.82. The predicted octanol–water partition coefficient (Wildman–Crippen LogP) is 4.51. The van der Waals surface area contributed by atoms with Gasteiger partial charge < -0.3 is 15.2 Å². The first-order valence-corrected chi connectivity index (χ1v) is 13.9. The number of hydrogen-bond donors (Lipinski definition) is 2. The molecule has 2 aliphatic carbocycles. The molecule has 36 heavy (non-hydrogen) atoms. The highest BCUT2D eigenvalue weighted by Crippen LogP contribution is 2.44. The highest BCUT2D eigenvalue weighted by Gasteiger charge is 2.38. The number of fused-ring (bicyclic) bond motifs is 1. The number of likely N-dealkylation sites (tertiary alicyclic amines) is 1. The average molecular weight is 491 g/mol. The Morgan fingerprint density at radius 3 is 2.78 bits per heavy atom. The molecule has 0 aromatic carbocycles. The molecule has 2 aromatic rings. The third-order valence-electron chi connectivity index (χ3n) is 8.13. The number of aryl methyl sites for hydroxylation is 2. The normalized spacial score (nSPS) is 22.7. The number of anilines is 1. The number of rotatable bonds is 11. The number of nitrogens with one attached hydrogen (secondary N) is 1. The standard InChI is InChI=1S/C29H38N4O3/c34-29(35)27(25-12-11-23(17-19-5-6-19)31-26(25)20-7-8-20)33-15-13-24(18-33)36-16-2-4-22-10-9-21-3-1-14-30-28(21)32-22/h9-12,19-20,24,27H,1-8,13-18H2,(H,30,32)(H,34,35)/t24-,27?/m1/s1. The van der Waals surface area contributed by atoms with Crippen LogP contribution in [0.15, 0.2) is 24.3 Å². The molecule has 7 heteroatoms. The van der Waals surface area contributed by atoms with Crippen LogP contribution in [-0.4, -0.2) is 58.3 Å². The van der Waals surface area contributed by atoms with Gasteiger partial charge >= 0.3 is 5.97 Å². The number of ether oxygens (including phenoxy) is 1. The van der Waals surface area contributed by atoms with Crippen molar-refractivity contribution >= 4 is 11.8 Å². The monoisotopic (exact) mass is 490 g/mol. The summed E-state index contributed by atoms with van der Waals surface area (Å²) in [6.45, 7) is 3.08. The van der Waals surface area contributed by atoms with Gasteiger partial charge in [0.1, 0.15) is 11.9 Å². The van der Waals surface area contributed by atoms with E-state index in [9.17, 15) is 9.90 Å². The number of carbonyl (C=O) groups is 1. The summed E-state index contributed by atoms with van der Waals surface area (Å²) in [7, 11) is 0. The highest BCUT2D eigenvalue weighted by atomic mass is 16.5. The molecule has 0 spiro atoms. The molecule has 192 valence electrons. The van der Waals surface area contributed by atoms with Crippen LogP contribution in [0.4, 0.5) is 5.82 Å². The van der Waals surface area contributed by atoms with Gasteiger partial charge in [0, 0.05) is 54.8 Å². The summed E-state index contributed by atoms with van der Waals surface area (Å²) in [6, 6.07) is 7.84. The maximum atomic E-state index is 12.5. The van der Waals surface area contributed by atoms with Crippen LogP contribution in [-0.2, 0) is 28.8 Å². The van der Waals surface area contributed by atoms with Crippen molar-refractivity contribution in [1.82, 2.24) is 14.9 Å². The van der Waals surface area contributed by atoms with Gasteiger partial charge in [-0.2, -0.15) is 0 Å². The SMILES string of the molecule is O=C(O)C(c1ccc(CC2CC2)nc1C1CC1)N1CC[C@@H](OCCCc2ccc3c(n2)NCCC3)C1. The van der Waals surface area contributed by atoms with Crippen molar-refractivity contribution in [2.45, 2.75) is 82.3 Å². The van der Waals surface area contributed by atoms with E-state index in [0.29, 0.717) is 19.1 Å². The summed E-state index contributed by atoms with van der Waals surface area (Å²) in [6.07, 6.45) is 10.9. The van der Waals surface area contributed by atoms with Crippen molar-refractivity contribution in [3.8, 4) is 0 Å². The summed E-state index contributed by atoms with van der Waals surface area (Å²) in [5.74, 6) is 1.48. The molecule has 0 radical (unpaired) electrons. The van der Waals surface area contributed by atoms with Gasteiger partial charge in [0.15, 0.2) is 0 Å². The third kappa shape index (κ3) is 5.57. The number of aliphatic carboxylic acids is 1. The highest BCUT2D eigenvalue weighted by molar-refractivity contribution is 5.76. The van der Waals surface area contributed by atoms with Crippen LogP contribution in [0.5, 0.6) is 0 Å². The molecule has 2 N–H and O–H groups in total. The van der Waals surface area contributed by atoms with Crippen molar-refractivity contribution in [2.75, 3.05) is 31.6 Å². The second-order valence-electron chi connectivity index (χ2n) is 11.2. The van der Waals surface area contributed by atoms with Crippen LogP contribution >= 0.6 is 0 Å². The fraction of sp³-hybridized carbons (Fsp3) is 0.621. The van der Waals surface area contributed by atoms with Crippen LogP contribution in [0.1, 0.15) is 85.1 Å². The second-order valence-corrected chi connectivity index (χ2v) is 11.2. The van der Waals surface area contributed by atoms with Gasteiger partial charge in [-0.3, -0.25) is 14.7 Å². The minimum Gasteiger partial charge on any atom is -0.480 e. The van der Waals surface area contributed by atoms with Crippen molar-refractivity contribution < 1.29 is 14.6 Å². The Bertz CT molecular complexity index is 1100. The Morgan fingerprint density at radius 1 is 1.11 bits per heavy atom. The van der Waals surface area contributed by atoms with Gasteiger partial charge in [0.2, 0.25) is 0 Å². The van der Waals surface area contributed by atoms with Crippen LogP contribution in [0.25, 0.3) is 0 Å². The smallest absolute Gasteiger partial charge is 0.325 e. The lowest BCUT2D eigenvalue weighted by Crippen LogP contribution is -2.34. The summed E-state index contributed by atoms with van der Waals surface area (Å²) < 4.78 is 6.20. The van der Waals surface area contributed by atoms with E-state index < -0.39 is 12.0 Å². The number of hydrogen-bond acceptors (Lipinski definition) is 6. The molecule has 0 bridgehead atoms. The Balaban J connectivity index is 1.04. The minimum absolute atomic E-state index is 0.0801. The van der Waals surface area contributed by atoms with Gasteiger partial charge in [-0.05, 0) is 87.8 Å². The number of nitrogens with zero attached hydrogens (tertiary/aromatic N) is 3. The molecule has 6 rings (SSSR count). The summed E-state index contributed by atoms with van der Waals surface area (Å²) in [5, 5.41) is 13.6. The molecule has 2 saturated carbocycles. The Morgan fingerprint density at radius 2 is 1.97 bits per heavy atom. The fourth-order valence-corrected chi connectivity index (χ4v) is 5.80. The molecular weight excluding hydrogens is 452 g/mol. The quantitative estimate of drug-likeness (QED) is 0.448. The second kappa shape index (κ2) is 10.5. The van der Waals surface area contributed by atoms with Crippen molar-refractivity contribution in [3.63, 3.8) is 0 Å². The van der Waals surface area contributed by atoms with Crippen LogP contribution in [0.2, 0.25) is 0 Å². The van der Waals surface area contributed by atoms with Gasteiger partial charge in [0.05, 0.1) is 6.10 Å². The van der Waals surface area contributed by atoms with E-state index in [0.717, 1.165) is 92.4 Å². The molecule has 1 unspecified atom stereocenters. The molecule has 1 saturated heterocycles. The lowest BCUT2D eigenvalue weighted by molar-refractivity contribution is -0.143. The maximum Gasteiger partial charge on any atom is 0.325 e. The van der Waals surface area contributed by atoms with E-state index >= 15 is 0 Å². The molecule has 4 aliphatic rings. The van der Waals surface area contributed by atoms with Crippen molar-refractivity contribution in [2.24, 2.45) is 5.92 Å². The van der Waals surface area contributed by atoms with E-state index in [1.54, 1.807) is 0 Å². The first-order valence-electron chi connectivity index (χ1n) is 13.9. The maximum absolute atomic E-state index is 12.5.